The minimum atomic E-state index is 1.10. The molecule has 124 valence electrons. The van der Waals surface area contributed by atoms with E-state index in [0.29, 0.717) is 0 Å². The van der Waals surface area contributed by atoms with Gasteiger partial charge in [-0.15, -0.1) is 22.7 Å². The van der Waals surface area contributed by atoms with Crippen molar-refractivity contribution in [3.63, 3.8) is 0 Å². The Morgan fingerprint density at radius 1 is 0.708 bits per heavy atom. The fourth-order valence-corrected chi connectivity index (χ4v) is 5.40. The van der Waals surface area contributed by atoms with Crippen molar-refractivity contribution in [1.82, 2.24) is 9.97 Å². The first-order chi connectivity index (χ1) is 11.8. The minimum Gasteiger partial charge on any atom is -0.241 e. The van der Waals surface area contributed by atoms with Crippen molar-refractivity contribution in [1.29, 1.82) is 0 Å². The van der Waals surface area contributed by atoms with E-state index in [4.69, 9.17) is 9.97 Å². The van der Waals surface area contributed by atoms with Gasteiger partial charge in [-0.1, -0.05) is 38.8 Å². The second kappa shape index (κ2) is 6.77. The molecule has 0 unspecified atom stereocenters. The number of aromatic nitrogens is 2. The summed E-state index contributed by atoms with van der Waals surface area (Å²) < 4.78 is 2.67. The molecule has 0 amide bonds. The summed E-state index contributed by atoms with van der Waals surface area (Å²) in [4.78, 5) is 9.66. The fourth-order valence-electron chi connectivity index (χ4n) is 3.14. The summed E-state index contributed by atoms with van der Waals surface area (Å²) in [5, 5.41) is 5.22. The molecule has 2 heterocycles. The van der Waals surface area contributed by atoms with E-state index >= 15 is 0 Å². The molecule has 0 fully saturated rings. The summed E-state index contributed by atoms with van der Waals surface area (Å²) >= 11 is 3.74. The molecule has 0 saturated heterocycles. The highest BCUT2D eigenvalue weighted by Crippen LogP contribution is 2.37. The summed E-state index contributed by atoms with van der Waals surface area (Å²) in [7, 11) is 0. The Morgan fingerprint density at radius 2 is 1.17 bits per heavy atom. The van der Waals surface area contributed by atoms with Crippen molar-refractivity contribution in [2.75, 3.05) is 0 Å². The standard InChI is InChI=1S/C20H22N2S2/c1-3-5-7-17-21-15-11-9-14-13(19(15)23-17)10-12-16-20(14)24-18(22-16)8-6-4-2/h9-12H,3-8H2,1-2H3. The summed E-state index contributed by atoms with van der Waals surface area (Å²) in [6, 6.07) is 8.86. The lowest BCUT2D eigenvalue weighted by Crippen LogP contribution is -1.81. The number of thiazole rings is 2. The molecule has 4 heteroatoms. The Labute approximate surface area is 150 Å². The second-order valence-corrected chi connectivity index (χ2v) is 8.51. The monoisotopic (exact) mass is 354 g/mol. The lowest BCUT2D eigenvalue weighted by molar-refractivity contribution is 0.791. The molecule has 2 nitrogen and oxygen atoms in total. The Kier molecular flexibility index (Phi) is 4.51. The van der Waals surface area contributed by atoms with E-state index in [1.807, 2.05) is 22.7 Å². The van der Waals surface area contributed by atoms with Gasteiger partial charge in [0.1, 0.15) is 0 Å². The first-order valence-corrected chi connectivity index (χ1v) is 10.5. The average molecular weight is 355 g/mol. The maximum Gasteiger partial charge on any atom is 0.0938 e. The Balaban J connectivity index is 1.85. The lowest BCUT2D eigenvalue weighted by Gasteiger charge is -1.99. The van der Waals surface area contributed by atoms with Gasteiger partial charge in [-0.05, 0) is 37.8 Å². The molecule has 4 rings (SSSR count). The molecule has 2 aromatic carbocycles. The third-order valence-electron chi connectivity index (χ3n) is 4.48. The number of unbranched alkanes of at least 4 members (excludes halogenated alkanes) is 2. The summed E-state index contributed by atoms with van der Waals surface area (Å²) in [6.45, 7) is 4.47. The zero-order valence-electron chi connectivity index (χ0n) is 14.3. The molecule has 0 spiro atoms. The van der Waals surface area contributed by atoms with Crippen molar-refractivity contribution in [3.05, 3.63) is 34.3 Å². The van der Waals surface area contributed by atoms with Gasteiger partial charge < -0.3 is 0 Å². The first kappa shape index (κ1) is 16.0. The van der Waals surface area contributed by atoms with Crippen molar-refractivity contribution in [3.8, 4) is 0 Å². The van der Waals surface area contributed by atoms with Crippen LogP contribution in [0.25, 0.3) is 31.2 Å². The second-order valence-electron chi connectivity index (χ2n) is 6.35. The van der Waals surface area contributed by atoms with E-state index in [2.05, 4.69) is 38.1 Å². The van der Waals surface area contributed by atoms with Crippen LogP contribution in [0.3, 0.4) is 0 Å². The molecular formula is C20H22N2S2. The SMILES string of the molecule is CCCCc1nc2ccc3c(ccc4nc(CCCC)sc43)c2s1. The van der Waals surface area contributed by atoms with Crippen LogP contribution in [0, 0.1) is 0 Å². The van der Waals surface area contributed by atoms with Gasteiger partial charge in [0.05, 0.1) is 30.4 Å². The molecular weight excluding hydrogens is 332 g/mol. The van der Waals surface area contributed by atoms with Crippen LogP contribution in [0.4, 0.5) is 0 Å². The molecule has 0 bridgehead atoms. The Hall–Kier alpha value is -1.52. The van der Waals surface area contributed by atoms with Gasteiger partial charge in [0.15, 0.2) is 0 Å². The maximum atomic E-state index is 4.83. The molecule has 2 aromatic heterocycles. The van der Waals surface area contributed by atoms with E-state index in [1.165, 1.54) is 55.9 Å². The maximum absolute atomic E-state index is 4.83. The van der Waals surface area contributed by atoms with Crippen molar-refractivity contribution in [2.24, 2.45) is 0 Å². The van der Waals surface area contributed by atoms with E-state index in [9.17, 15) is 0 Å². The zero-order valence-corrected chi connectivity index (χ0v) is 15.9. The topological polar surface area (TPSA) is 25.8 Å². The third-order valence-corrected chi connectivity index (χ3v) is 6.81. The number of fused-ring (bicyclic) bond motifs is 5. The minimum absolute atomic E-state index is 1.10. The molecule has 24 heavy (non-hydrogen) atoms. The highest BCUT2D eigenvalue weighted by Gasteiger charge is 2.12. The number of rotatable bonds is 6. The summed E-state index contributed by atoms with van der Waals surface area (Å²) in [5.41, 5.74) is 2.29. The molecule has 0 aliphatic heterocycles. The van der Waals surface area contributed by atoms with Gasteiger partial charge in [0.2, 0.25) is 0 Å². The lowest BCUT2D eigenvalue weighted by atomic mass is 10.1. The molecule has 0 aliphatic carbocycles. The predicted octanol–water partition coefficient (Wildman–Crippen LogP) is 6.74. The Morgan fingerprint density at radius 3 is 1.58 bits per heavy atom. The van der Waals surface area contributed by atoms with Gasteiger partial charge >= 0.3 is 0 Å². The van der Waals surface area contributed by atoms with Gasteiger partial charge in [-0.3, -0.25) is 0 Å². The van der Waals surface area contributed by atoms with E-state index < -0.39 is 0 Å². The molecule has 0 aliphatic rings. The van der Waals surface area contributed by atoms with Gasteiger partial charge in [-0.25, -0.2) is 9.97 Å². The Bertz CT molecular complexity index is 915. The van der Waals surface area contributed by atoms with Crippen LogP contribution in [-0.2, 0) is 12.8 Å². The number of benzene rings is 2. The number of aryl methyl sites for hydroxylation is 2. The zero-order chi connectivity index (χ0) is 16.5. The highest BCUT2D eigenvalue weighted by molar-refractivity contribution is 7.20. The van der Waals surface area contributed by atoms with Crippen LogP contribution in [0.2, 0.25) is 0 Å². The van der Waals surface area contributed by atoms with Crippen LogP contribution in [0.5, 0.6) is 0 Å². The van der Waals surface area contributed by atoms with E-state index in [1.54, 1.807) is 0 Å². The van der Waals surface area contributed by atoms with Crippen LogP contribution in [0.1, 0.15) is 49.5 Å². The van der Waals surface area contributed by atoms with E-state index in [-0.39, 0.29) is 0 Å². The summed E-state index contributed by atoms with van der Waals surface area (Å²) in [5.74, 6) is 0. The molecule has 0 radical (unpaired) electrons. The predicted molar refractivity (Wildman–Crippen MR) is 108 cm³/mol. The van der Waals surface area contributed by atoms with Crippen LogP contribution in [0.15, 0.2) is 24.3 Å². The third kappa shape index (κ3) is 2.82. The molecule has 4 aromatic rings. The van der Waals surface area contributed by atoms with Crippen LogP contribution in [-0.4, -0.2) is 9.97 Å². The van der Waals surface area contributed by atoms with Crippen molar-refractivity contribution >= 4 is 53.9 Å². The molecule has 0 atom stereocenters. The van der Waals surface area contributed by atoms with Gasteiger partial charge in [0, 0.05) is 10.8 Å². The summed E-state index contributed by atoms with van der Waals surface area (Å²) in [6.07, 6.45) is 7.08. The van der Waals surface area contributed by atoms with Crippen LogP contribution >= 0.6 is 22.7 Å². The number of hydrogen-bond acceptors (Lipinski definition) is 4. The van der Waals surface area contributed by atoms with Crippen LogP contribution < -0.4 is 0 Å². The quantitative estimate of drug-likeness (QED) is 0.383. The van der Waals surface area contributed by atoms with Crippen molar-refractivity contribution < 1.29 is 0 Å². The largest absolute Gasteiger partial charge is 0.241 e. The average Bonchev–Trinajstić information content (AvgIpc) is 3.20. The highest BCUT2D eigenvalue weighted by atomic mass is 32.1. The molecule has 0 N–H and O–H groups in total. The number of hydrogen-bond donors (Lipinski definition) is 0. The smallest absolute Gasteiger partial charge is 0.0938 e. The van der Waals surface area contributed by atoms with Gasteiger partial charge in [-0.2, -0.15) is 0 Å². The molecule has 0 saturated carbocycles. The van der Waals surface area contributed by atoms with E-state index in [0.717, 1.165) is 23.9 Å². The fraction of sp³-hybridized carbons (Fsp3) is 0.400. The van der Waals surface area contributed by atoms with Gasteiger partial charge in [0.25, 0.3) is 0 Å². The number of nitrogens with zero attached hydrogens (tertiary/aromatic N) is 2. The van der Waals surface area contributed by atoms with Crippen molar-refractivity contribution in [2.45, 2.75) is 52.4 Å². The first-order valence-electron chi connectivity index (χ1n) is 8.90. The normalized spacial score (nSPS) is 11.9.